The van der Waals surface area contributed by atoms with Gasteiger partial charge < -0.3 is 10.2 Å². The van der Waals surface area contributed by atoms with E-state index >= 15 is 0 Å². The number of allylic oxidation sites excluding steroid dienone is 1. The second kappa shape index (κ2) is 5.82. The molecule has 0 amide bonds. The molecule has 2 heterocycles. The molecule has 1 N–H and O–H groups in total. The van der Waals surface area contributed by atoms with Gasteiger partial charge in [0.25, 0.3) is 0 Å². The maximum Gasteiger partial charge on any atom is 0.0590 e. The van der Waals surface area contributed by atoms with Crippen LogP contribution in [0, 0.1) is 0 Å². The van der Waals surface area contributed by atoms with Crippen LogP contribution in [0.25, 0.3) is 0 Å². The first kappa shape index (κ1) is 11.4. The standard InChI is InChI=1S/C12H20N4/c1-2-8-16-12(3-5-14-16)4-9-15-10-6-13-7-11-15/h2-3,5,13H,1,4,6-11H2. The van der Waals surface area contributed by atoms with Gasteiger partial charge in [0.1, 0.15) is 0 Å². The first-order valence-corrected chi connectivity index (χ1v) is 5.95. The molecule has 1 saturated heterocycles. The summed E-state index contributed by atoms with van der Waals surface area (Å²) in [4.78, 5) is 2.50. The highest BCUT2D eigenvalue weighted by atomic mass is 15.3. The maximum atomic E-state index is 4.28. The molecule has 4 nitrogen and oxygen atoms in total. The molecule has 4 heteroatoms. The minimum Gasteiger partial charge on any atom is -0.314 e. The monoisotopic (exact) mass is 220 g/mol. The molecular formula is C12H20N4. The van der Waals surface area contributed by atoms with E-state index in [9.17, 15) is 0 Å². The van der Waals surface area contributed by atoms with Gasteiger partial charge in [-0.15, -0.1) is 6.58 Å². The fraction of sp³-hybridized carbons (Fsp3) is 0.583. The summed E-state index contributed by atoms with van der Waals surface area (Å²) in [5.41, 5.74) is 1.30. The molecule has 16 heavy (non-hydrogen) atoms. The fourth-order valence-electron chi connectivity index (χ4n) is 2.07. The van der Waals surface area contributed by atoms with Crippen LogP contribution >= 0.6 is 0 Å². The lowest BCUT2D eigenvalue weighted by molar-refractivity contribution is 0.242. The van der Waals surface area contributed by atoms with Crippen molar-refractivity contribution in [3.8, 4) is 0 Å². The maximum absolute atomic E-state index is 4.28. The van der Waals surface area contributed by atoms with Gasteiger partial charge in [0, 0.05) is 51.0 Å². The first-order valence-electron chi connectivity index (χ1n) is 5.95. The summed E-state index contributed by atoms with van der Waals surface area (Å²) in [6.45, 7) is 10.2. The molecule has 0 saturated carbocycles. The summed E-state index contributed by atoms with van der Waals surface area (Å²) in [5.74, 6) is 0. The third kappa shape index (κ3) is 2.93. The predicted molar refractivity (Wildman–Crippen MR) is 65.4 cm³/mol. The van der Waals surface area contributed by atoms with Crippen LogP contribution in [0.2, 0.25) is 0 Å². The second-order valence-electron chi connectivity index (χ2n) is 4.13. The van der Waals surface area contributed by atoms with E-state index in [0.717, 1.165) is 45.7 Å². The van der Waals surface area contributed by atoms with Crippen LogP contribution in [0.3, 0.4) is 0 Å². The van der Waals surface area contributed by atoms with Gasteiger partial charge in [0.05, 0.1) is 6.54 Å². The molecule has 2 rings (SSSR count). The number of nitrogens with one attached hydrogen (secondary N) is 1. The van der Waals surface area contributed by atoms with Crippen LogP contribution in [-0.4, -0.2) is 47.4 Å². The van der Waals surface area contributed by atoms with Crippen molar-refractivity contribution in [2.24, 2.45) is 0 Å². The highest BCUT2D eigenvalue weighted by Gasteiger charge is 2.10. The van der Waals surface area contributed by atoms with E-state index in [1.165, 1.54) is 5.69 Å². The first-order chi connectivity index (χ1) is 7.90. The van der Waals surface area contributed by atoms with Gasteiger partial charge in [0.15, 0.2) is 0 Å². The van der Waals surface area contributed by atoms with E-state index in [-0.39, 0.29) is 0 Å². The highest BCUT2D eigenvalue weighted by molar-refractivity contribution is 5.02. The SMILES string of the molecule is C=CCn1nccc1CCN1CCNCC1. The largest absolute Gasteiger partial charge is 0.314 e. The predicted octanol–water partition coefficient (Wildman–Crippen LogP) is 0.517. The molecule has 0 unspecified atom stereocenters. The average molecular weight is 220 g/mol. The molecule has 0 atom stereocenters. The topological polar surface area (TPSA) is 33.1 Å². The summed E-state index contributed by atoms with van der Waals surface area (Å²) in [6.07, 6.45) is 4.84. The molecule has 0 aliphatic carbocycles. The van der Waals surface area contributed by atoms with E-state index in [1.54, 1.807) is 0 Å². The van der Waals surface area contributed by atoms with Crippen molar-refractivity contribution in [3.63, 3.8) is 0 Å². The molecule has 1 fully saturated rings. The Balaban J connectivity index is 1.83. The lowest BCUT2D eigenvalue weighted by Gasteiger charge is -2.27. The Hall–Kier alpha value is -1.13. The van der Waals surface area contributed by atoms with Gasteiger partial charge in [-0.2, -0.15) is 5.10 Å². The minimum absolute atomic E-state index is 0.809. The van der Waals surface area contributed by atoms with E-state index in [0.29, 0.717) is 0 Å². The zero-order valence-corrected chi connectivity index (χ0v) is 9.73. The van der Waals surface area contributed by atoms with Gasteiger partial charge in [-0.3, -0.25) is 4.68 Å². The van der Waals surface area contributed by atoms with Crippen molar-refractivity contribution in [2.45, 2.75) is 13.0 Å². The van der Waals surface area contributed by atoms with Crippen LogP contribution in [-0.2, 0) is 13.0 Å². The summed E-state index contributed by atoms with van der Waals surface area (Å²) >= 11 is 0. The van der Waals surface area contributed by atoms with Crippen LogP contribution in [0.15, 0.2) is 24.9 Å². The Morgan fingerprint density at radius 3 is 3.00 bits per heavy atom. The highest BCUT2D eigenvalue weighted by Crippen LogP contribution is 2.03. The summed E-state index contributed by atoms with van der Waals surface area (Å²) < 4.78 is 2.02. The van der Waals surface area contributed by atoms with Crippen LogP contribution in [0.5, 0.6) is 0 Å². The Morgan fingerprint density at radius 2 is 2.25 bits per heavy atom. The number of hydrogen-bond donors (Lipinski definition) is 1. The van der Waals surface area contributed by atoms with Crippen LogP contribution < -0.4 is 5.32 Å². The quantitative estimate of drug-likeness (QED) is 0.734. The normalized spacial score (nSPS) is 17.5. The molecular weight excluding hydrogens is 200 g/mol. The Morgan fingerprint density at radius 1 is 1.44 bits per heavy atom. The summed E-state index contributed by atoms with van der Waals surface area (Å²) in [6, 6.07) is 2.10. The molecule has 1 aliphatic rings. The zero-order chi connectivity index (χ0) is 11.2. The average Bonchev–Trinajstić information content (AvgIpc) is 2.76. The molecule has 0 aromatic carbocycles. The van der Waals surface area contributed by atoms with Gasteiger partial charge in [-0.25, -0.2) is 0 Å². The van der Waals surface area contributed by atoms with Crippen molar-refractivity contribution in [2.75, 3.05) is 32.7 Å². The van der Waals surface area contributed by atoms with Gasteiger partial charge in [0.2, 0.25) is 0 Å². The van der Waals surface area contributed by atoms with Gasteiger partial charge >= 0.3 is 0 Å². The number of hydrogen-bond acceptors (Lipinski definition) is 3. The molecule has 1 aliphatic heterocycles. The van der Waals surface area contributed by atoms with E-state index in [1.807, 2.05) is 17.0 Å². The van der Waals surface area contributed by atoms with E-state index in [2.05, 4.69) is 28.0 Å². The second-order valence-corrected chi connectivity index (χ2v) is 4.13. The van der Waals surface area contributed by atoms with Crippen LogP contribution in [0.4, 0.5) is 0 Å². The molecule has 1 aromatic rings. The summed E-state index contributed by atoms with van der Waals surface area (Å²) in [7, 11) is 0. The lowest BCUT2D eigenvalue weighted by atomic mass is 10.2. The molecule has 0 radical (unpaired) electrons. The van der Waals surface area contributed by atoms with Crippen molar-refractivity contribution in [1.29, 1.82) is 0 Å². The molecule has 1 aromatic heterocycles. The zero-order valence-electron chi connectivity index (χ0n) is 9.73. The van der Waals surface area contributed by atoms with Crippen molar-refractivity contribution < 1.29 is 0 Å². The summed E-state index contributed by atoms with van der Waals surface area (Å²) in [5, 5.41) is 7.65. The Kier molecular flexibility index (Phi) is 4.13. The molecule has 0 bridgehead atoms. The van der Waals surface area contributed by atoms with E-state index < -0.39 is 0 Å². The Bertz CT molecular complexity index is 326. The third-order valence-corrected chi connectivity index (χ3v) is 3.00. The third-order valence-electron chi connectivity index (χ3n) is 3.00. The lowest BCUT2D eigenvalue weighted by Crippen LogP contribution is -2.44. The Labute approximate surface area is 96.9 Å². The van der Waals surface area contributed by atoms with Crippen molar-refractivity contribution in [1.82, 2.24) is 20.0 Å². The minimum atomic E-state index is 0.809. The smallest absolute Gasteiger partial charge is 0.0590 e. The van der Waals surface area contributed by atoms with E-state index in [4.69, 9.17) is 0 Å². The number of aromatic nitrogens is 2. The fourth-order valence-corrected chi connectivity index (χ4v) is 2.07. The van der Waals surface area contributed by atoms with Crippen LogP contribution in [0.1, 0.15) is 5.69 Å². The number of piperazine rings is 1. The van der Waals surface area contributed by atoms with Gasteiger partial charge in [-0.1, -0.05) is 6.08 Å². The number of rotatable bonds is 5. The number of nitrogens with zero attached hydrogens (tertiary/aromatic N) is 3. The molecule has 88 valence electrons. The molecule has 0 spiro atoms. The van der Waals surface area contributed by atoms with Crippen molar-refractivity contribution >= 4 is 0 Å². The van der Waals surface area contributed by atoms with Gasteiger partial charge in [-0.05, 0) is 6.07 Å². The van der Waals surface area contributed by atoms with Crippen molar-refractivity contribution in [3.05, 3.63) is 30.6 Å².